The van der Waals surface area contributed by atoms with E-state index in [9.17, 15) is 20.4 Å². The summed E-state index contributed by atoms with van der Waals surface area (Å²) < 4.78 is 21.2. The van der Waals surface area contributed by atoms with Crippen molar-refractivity contribution in [3.05, 3.63) is 0 Å². The summed E-state index contributed by atoms with van der Waals surface area (Å²) in [6.45, 7) is -0.945. The quantitative estimate of drug-likeness (QED) is 0.330. The molecule has 9 nitrogen and oxygen atoms in total. The number of rotatable bonds is 1. The van der Waals surface area contributed by atoms with Crippen molar-refractivity contribution in [3.63, 3.8) is 0 Å². The SMILES string of the molecule is OC[C@H]1OC2OC[C@@]3(O)[C@H](OC[C@H]3O)O[C@@H]2[C@@H](O)[C@@H]1O. The van der Waals surface area contributed by atoms with Crippen molar-refractivity contribution in [2.45, 2.75) is 48.7 Å². The lowest BCUT2D eigenvalue weighted by molar-refractivity contribution is -0.316. The average Bonchev–Trinajstić information content (AvgIpc) is 2.63. The standard InChI is InChI=1S/C11H18O9/c12-1-4-6(14)7(15)8-9(19-4)18-3-11(16)5(13)2-17-10(11)20-8/h4-10,12-16H,1-3H2/t4-,5-,6-,7+,8-,9?,10-,11+/m1/s1. The number of hydrogen-bond donors (Lipinski definition) is 5. The van der Waals surface area contributed by atoms with E-state index in [-0.39, 0.29) is 13.2 Å². The largest absolute Gasteiger partial charge is 0.394 e. The van der Waals surface area contributed by atoms with E-state index < -0.39 is 55.3 Å². The van der Waals surface area contributed by atoms with E-state index in [1.165, 1.54) is 0 Å². The van der Waals surface area contributed by atoms with Crippen LogP contribution in [0.1, 0.15) is 0 Å². The highest BCUT2D eigenvalue weighted by atomic mass is 16.8. The maximum atomic E-state index is 10.3. The molecule has 3 saturated heterocycles. The smallest absolute Gasteiger partial charge is 0.192 e. The van der Waals surface area contributed by atoms with Crippen molar-refractivity contribution < 1.29 is 44.5 Å². The predicted molar refractivity (Wildman–Crippen MR) is 59.3 cm³/mol. The van der Waals surface area contributed by atoms with Gasteiger partial charge in [-0.1, -0.05) is 0 Å². The highest BCUT2D eigenvalue weighted by Crippen LogP contribution is 2.36. The molecule has 0 radical (unpaired) electrons. The lowest BCUT2D eigenvalue weighted by Gasteiger charge is -2.40. The van der Waals surface area contributed by atoms with Crippen molar-refractivity contribution in [1.29, 1.82) is 0 Å². The molecule has 3 fully saturated rings. The average molecular weight is 294 g/mol. The molecule has 1 unspecified atom stereocenters. The predicted octanol–water partition coefficient (Wildman–Crippen LogP) is -3.71. The highest BCUT2D eigenvalue weighted by Gasteiger charge is 2.58. The van der Waals surface area contributed by atoms with E-state index in [1.54, 1.807) is 0 Å². The van der Waals surface area contributed by atoms with Gasteiger partial charge in [0.25, 0.3) is 0 Å². The zero-order valence-electron chi connectivity index (χ0n) is 10.5. The van der Waals surface area contributed by atoms with Gasteiger partial charge >= 0.3 is 0 Å². The summed E-state index contributed by atoms with van der Waals surface area (Å²) in [6.07, 6.45) is -8.33. The third kappa shape index (κ3) is 2.06. The maximum absolute atomic E-state index is 10.3. The van der Waals surface area contributed by atoms with Crippen LogP contribution < -0.4 is 0 Å². The van der Waals surface area contributed by atoms with Gasteiger partial charge in [-0.05, 0) is 0 Å². The molecule has 5 N–H and O–H groups in total. The van der Waals surface area contributed by atoms with Gasteiger partial charge in [-0.3, -0.25) is 0 Å². The van der Waals surface area contributed by atoms with Crippen LogP contribution in [0.5, 0.6) is 0 Å². The summed E-state index contributed by atoms with van der Waals surface area (Å²) >= 11 is 0. The van der Waals surface area contributed by atoms with Crippen molar-refractivity contribution in [2.24, 2.45) is 0 Å². The zero-order chi connectivity index (χ0) is 14.5. The van der Waals surface area contributed by atoms with Crippen LogP contribution in [0.25, 0.3) is 0 Å². The van der Waals surface area contributed by atoms with Crippen molar-refractivity contribution in [3.8, 4) is 0 Å². The molecule has 3 heterocycles. The summed E-state index contributed by atoms with van der Waals surface area (Å²) in [4.78, 5) is 0. The third-order valence-electron chi connectivity index (χ3n) is 3.97. The van der Waals surface area contributed by atoms with Crippen LogP contribution in [0.15, 0.2) is 0 Å². The first kappa shape index (κ1) is 14.6. The van der Waals surface area contributed by atoms with Crippen molar-refractivity contribution in [1.82, 2.24) is 0 Å². The van der Waals surface area contributed by atoms with Crippen LogP contribution >= 0.6 is 0 Å². The number of fused-ring (bicyclic) bond motifs is 2. The Morgan fingerprint density at radius 2 is 1.80 bits per heavy atom. The molecule has 3 aliphatic rings. The Balaban J connectivity index is 1.82. The van der Waals surface area contributed by atoms with E-state index in [1.807, 2.05) is 0 Å². The topological polar surface area (TPSA) is 138 Å². The van der Waals surface area contributed by atoms with Gasteiger partial charge in [0.1, 0.15) is 30.5 Å². The summed E-state index contributed by atoms with van der Waals surface area (Å²) in [6, 6.07) is 0. The molecule has 0 bridgehead atoms. The fourth-order valence-electron chi connectivity index (χ4n) is 2.64. The minimum Gasteiger partial charge on any atom is -0.394 e. The summed E-state index contributed by atoms with van der Waals surface area (Å²) in [5.41, 5.74) is -1.76. The highest BCUT2D eigenvalue weighted by molar-refractivity contribution is 5.00. The third-order valence-corrected chi connectivity index (χ3v) is 3.97. The molecule has 3 rings (SSSR count). The van der Waals surface area contributed by atoms with E-state index in [2.05, 4.69) is 0 Å². The lowest BCUT2D eigenvalue weighted by Crippen LogP contribution is -2.60. The summed E-state index contributed by atoms with van der Waals surface area (Å²) in [5.74, 6) is 0. The molecule has 0 aromatic rings. The molecular formula is C11H18O9. The molecule has 9 heteroatoms. The first-order chi connectivity index (χ1) is 9.47. The lowest BCUT2D eigenvalue weighted by atomic mass is 9.99. The van der Waals surface area contributed by atoms with Crippen molar-refractivity contribution >= 4 is 0 Å². The second-order valence-electron chi connectivity index (χ2n) is 5.29. The van der Waals surface area contributed by atoms with E-state index in [0.717, 1.165) is 0 Å². The van der Waals surface area contributed by atoms with Gasteiger partial charge in [-0.15, -0.1) is 0 Å². The molecule has 0 aromatic carbocycles. The molecule has 0 aromatic heterocycles. The fraction of sp³-hybridized carbons (Fsp3) is 1.00. The van der Waals surface area contributed by atoms with Gasteiger partial charge in [0.05, 0.1) is 19.8 Å². The second-order valence-corrected chi connectivity index (χ2v) is 5.29. The first-order valence-electron chi connectivity index (χ1n) is 6.39. The van der Waals surface area contributed by atoms with Gasteiger partial charge in [0.15, 0.2) is 18.2 Å². The molecule has 0 amide bonds. The Morgan fingerprint density at radius 3 is 2.50 bits per heavy atom. The molecule has 116 valence electrons. The van der Waals surface area contributed by atoms with Crippen LogP contribution in [-0.2, 0) is 18.9 Å². The molecule has 20 heavy (non-hydrogen) atoms. The minimum atomic E-state index is -1.76. The maximum Gasteiger partial charge on any atom is 0.192 e. The number of hydrogen-bond acceptors (Lipinski definition) is 9. The number of aliphatic hydroxyl groups is 5. The van der Waals surface area contributed by atoms with Crippen LogP contribution in [0.2, 0.25) is 0 Å². The van der Waals surface area contributed by atoms with Gasteiger partial charge < -0.3 is 44.5 Å². The first-order valence-corrected chi connectivity index (χ1v) is 6.39. The molecule has 0 aliphatic carbocycles. The second kappa shape index (κ2) is 5.13. The van der Waals surface area contributed by atoms with Gasteiger partial charge in [0.2, 0.25) is 0 Å². The van der Waals surface area contributed by atoms with Crippen molar-refractivity contribution in [2.75, 3.05) is 19.8 Å². The summed E-state index contributed by atoms with van der Waals surface area (Å²) in [7, 11) is 0. The fourth-order valence-corrected chi connectivity index (χ4v) is 2.64. The van der Waals surface area contributed by atoms with Gasteiger partial charge in [-0.2, -0.15) is 0 Å². The zero-order valence-corrected chi connectivity index (χ0v) is 10.5. The molecule has 3 aliphatic heterocycles. The molecule has 0 saturated carbocycles. The molecule has 0 spiro atoms. The van der Waals surface area contributed by atoms with Gasteiger partial charge in [0, 0.05) is 0 Å². The monoisotopic (exact) mass is 294 g/mol. The number of aliphatic hydroxyl groups excluding tert-OH is 4. The Labute approximate surface area is 114 Å². The van der Waals surface area contributed by atoms with E-state index in [4.69, 9.17) is 24.1 Å². The Hall–Kier alpha value is -0.360. The Kier molecular flexibility index (Phi) is 3.73. The van der Waals surface area contributed by atoms with Crippen LogP contribution in [0.4, 0.5) is 0 Å². The van der Waals surface area contributed by atoms with Crippen LogP contribution in [0, 0.1) is 0 Å². The Morgan fingerprint density at radius 1 is 1.05 bits per heavy atom. The summed E-state index contributed by atoms with van der Waals surface area (Å²) in [5, 5.41) is 49.0. The normalized spacial score (nSPS) is 56.0. The molecule has 8 atom stereocenters. The Bertz CT molecular complexity index is 366. The van der Waals surface area contributed by atoms with Crippen LogP contribution in [0.3, 0.4) is 0 Å². The molecular weight excluding hydrogens is 276 g/mol. The number of ether oxygens (including phenoxy) is 4. The van der Waals surface area contributed by atoms with Gasteiger partial charge in [-0.25, -0.2) is 0 Å². The minimum absolute atomic E-state index is 0.124. The van der Waals surface area contributed by atoms with E-state index >= 15 is 0 Å². The van der Waals surface area contributed by atoms with E-state index in [0.29, 0.717) is 0 Å². The van der Waals surface area contributed by atoms with Crippen LogP contribution in [-0.4, -0.2) is 94.1 Å².